The van der Waals surface area contributed by atoms with Crippen LogP contribution in [-0.2, 0) is 0 Å². The van der Waals surface area contributed by atoms with Crippen molar-refractivity contribution >= 4 is 17.0 Å². The molecule has 0 saturated carbocycles. The number of hydrogen-bond donors (Lipinski definition) is 1. The van der Waals surface area contributed by atoms with Crippen molar-refractivity contribution in [2.45, 2.75) is 19.9 Å². The maximum Gasteiger partial charge on any atom is 0.0571 e. The topological polar surface area (TPSA) is 28.8 Å². The molecule has 2 aromatic rings. The third-order valence-electron chi connectivity index (χ3n) is 2.89. The van der Waals surface area contributed by atoms with Crippen molar-refractivity contribution in [1.82, 2.24) is 4.57 Å². The van der Waals surface area contributed by atoms with Gasteiger partial charge in [-0.05, 0) is 31.5 Å². The van der Waals surface area contributed by atoms with Crippen LogP contribution in [0, 0.1) is 12.3 Å². The first-order valence-electron chi connectivity index (χ1n) is 5.47. The smallest absolute Gasteiger partial charge is 0.0571 e. The predicted molar refractivity (Wildman–Crippen MR) is 75.6 cm³/mol. The molecule has 0 fully saturated rings. The van der Waals surface area contributed by atoms with E-state index in [-0.39, 0.29) is 17.0 Å². The maximum absolute atomic E-state index is 7.56. The van der Waals surface area contributed by atoms with Gasteiger partial charge in [-0.3, -0.25) is 0 Å². The number of benzene rings is 1. The van der Waals surface area contributed by atoms with E-state index < -0.39 is 0 Å². The number of pyridine rings is 1. The zero-order chi connectivity index (χ0) is 11.5. The first-order valence-corrected chi connectivity index (χ1v) is 5.47. The molecule has 0 saturated heterocycles. The molecule has 90 valence electrons. The summed E-state index contributed by atoms with van der Waals surface area (Å²) in [6.45, 7) is 4.21. The lowest BCUT2D eigenvalue weighted by molar-refractivity contribution is 0.614. The van der Waals surface area contributed by atoms with Crippen LogP contribution in [0.25, 0.3) is 0 Å². The number of aryl methyl sites for hydroxylation is 1. The normalized spacial score (nSPS) is 11.6. The molecule has 0 radical (unpaired) electrons. The van der Waals surface area contributed by atoms with Crippen LogP contribution in [0.4, 0.5) is 0 Å². The fourth-order valence-electron chi connectivity index (χ4n) is 1.95. The fourth-order valence-corrected chi connectivity index (χ4v) is 1.95. The average Bonchev–Trinajstić information content (AvgIpc) is 2.29. The molecule has 0 aliphatic rings. The van der Waals surface area contributed by atoms with Gasteiger partial charge in [0.05, 0.1) is 11.4 Å². The van der Waals surface area contributed by atoms with Gasteiger partial charge >= 0.3 is 0 Å². The van der Waals surface area contributed by atoms with E-state index in [1.165, 1.54) is 5.56 Å². The minimum atomic E-state index is 0. The molecule has 1 N–H and O–H groups in total. The molecule has 0 aliphatic carbocycles. The van der Waals surface area contributed by atoms with Crippen molar-refractivity contribution < 1.29 is 0 Å². The van der Waals surface area contributed by atoms with Crippen LogP contribution in [0.3, 0.4) is 0 Å². The first kappa shape index (κ1) is 13.7. The quantitative estimate of drug-likeness (QED) is 0.878. The Labute approximate surface area is 112 Å². The van der Waals surface area contributed by atoms with E-state index in [9.17, 15) is 0 Å². The Hall–Kier alpha value is -1.35. The second-order valence-electron chi connectivity index (χ2n) is 4.05. The first-order chi connectivity index (χ1) is 7.68. The molecule has 1 atom stereocenters. The molecular weight excluding hydrogens is 276 g/mol. The van der Waals surface area contributed by atoms with Gasteiger partial charge in [0.25, 0.3) is 0 Å². The monoisotopic (exact) mass is 292 g/mol. The summed E-state index contributed by atoms with van der Waals surface area (Å²) < 4.78 is 2.19. The summed E-state index contributed by atoms with van der Waals surface area (Å²) in [6, 6.07) is 14.4. The summed E-state index contributed by atoms with van der Waals surface area (Å²) in [7, 11) is 0. The molecule has 0 amide bonds. The van der Waals surface area contributed by atoms with Crippen molar-refractivity contribution in [2.24, 2.45) is 0 Å². The molecule has 0 bridgehead atoms. The van der Waals surface area contributed by atoms with Crippen molar-refractivity contribution in [3.05, 3.63) is 65.3 Å². The standard InChI is InChI=1S/C14H16N2.BrH/c1-11-10-14(15)8-9-16(11)12(2)13-6-4-3-5-7-13;/h3-10,12,15H,1-2H3;1H. The highest BCUT2D eigenvalue weighted by molar-refractivity contribution is 8.93. The van der Waals surface area contributed by atoms with E-state index in [2.05, 4.69) is 35.8 Å². The van der Waals surface area contributed by atoms with Gasteiger partial charge in [0, 0.05) is 11.9 Å². The highest BCUT2D eigenvalue weighted by Crippen LogP contribution is 2.17. The highest BCUT2D eigenvalue weighted by Gasteiger charge is 2.07. The Balaban J connectivity index is 0.00000144. The lowest BCUT2D eigenvalue weighted by Gasteiger charge is -2.19. The third kappa shape index (κ3) is 3.07. The van der Waals surface area contributed by atoms with Gasteiger partial charge in [-0.1, -0.05) is 30.3 Å². The van der Waals surface area contributed by atoms with E-state index in [0.29, 0.717) is 11.4 Å². The summed E-state index contributed by atoms with van der Waals surface area (Å²) in [5, 5.41) is 8.13. The number of aromatic nitrogens is 1. The molecule has 1 unspecified atom stereocenters. The van der Waals surface area contributed by atoms with Gasteiger partial charge < -0.3 is 9.98 Å². The Kier molecular flexibility index (Phi) is 4.70. The SMILES string of the molecule is Br.Cc1cc(=N)ccn1C(C)c1ccccc1. The number of hydrogen-bond acceptors (Lipinski definition) is 1. The zero-order valence-electron chi connectivity index (χ0n) is 10.1. The molecule has 3 heteroatoms. The number of halogens is 1. The summed E-state index contributed by atoms with van der Waals surface area (Å²) in [5.41, 5.74) is 2.40. The van der Waals surface area contributed by atoms with E-state index in [0.717, 1.165) is 5.69 Å². The van der Waals surface area contributed by atoms with E-state index in [1.807, 2.05) is 31.3 Å². The maximum atomic E-state index is 7.56. The van der Waals surface area contributed by atoms with Crippen LogP contribution in [0.15, 0.2) is 48.7 Å². The second kappa shape index (κ2) is 5.82. The van der Waals surface area contributed by atoms with Crippen LogP contribution >= 0.6 is 17.0 Å². The molecule has 17 heavy (non-hydrogen) atoms. The van der Waals surface area contributed by atoms with E-state index in [1.54, 1.807) is 0 Å². The van der Waals surface area contributed by atoms with Gasteiger partial charge in [-0.2, -0.15) is 0 Å². The van der Waals surface area contributed by atoms with Gasteiger partial charge in [0.2, 0.25) is 0 Å². The van der Waals surface area contributed by atoms with Crippen molar-refractivity contribution in [3.63, 3.8) is 0 Å². The molecule has 1 aromatic carbocycles. The average molecular weight is 293 g/mol. The third-order valence-corrected chi connectivity index (χ3v) is 2.89. The molecule has 2 nitrogen and oxygen atoms in total. The lowest BCUT2D eigenvalue weighted by Crippen LogP contribution is -2.13. The molecule has 1 heterocycles. The van der Waals surface area contributed by atoms with Gasteiger partial charge in [-0.25, -0.2) is 0 Å². The highest BCUT2D eigenvalue weighted by atomic mass is 79.9. The lowest BCUT2D eigenvalue weighted by atomic mass is 10.1. The molecule has 0 spiro atoms. The molecule has 2 rings (SSSR count). The van der Waals surface area contributed by atoms with E-state index in [4.69, 9.17) is 5.41 Å². The van der Waals surface area contributed by atoms with Crippen LogP contribution in [0.5, 0.6) is 0 Å². The minimum Gasteiger partial charge on any atom is -0.344 e. The Morgan fingerprint density at radius 2 is 1.76 bits per heavy atom. The molecule has 0 aliphatic heterocycles. The van der Waals surface area contributed by atoms with Gasteiger partial charge in [0.15, 0.2) is 0 Å². The summed E-state index contributed by atoms with van der Waals surface area (Å²) in [6.07, 6.45) is 1.98. The zero-order valence-corrected chi connectivity index (χ0v) is 11.8. The number of nitrogens with zero attached hydrogens (tertiary/aromatic N) is 1. The Morgan fingerprint density at radius 1 is 1.12 bits per heavy atom. The van der Waals surface area contributed by atoms with Crippen molar-refractivity contribution in [2.75, 3.05) is 0 Å². The molecule has 1 aromatic heterocycles. The number of nitrogens with one attached hydrogen (secondary N) is 1. The van der Waals surface area contributed by atoms with Crippen molar-refractivity contribution in [1.29, 1.82) is 5.41 Å². The van der Waals surface area contributed by atoms with Crippen molar-refractivity contribution in [3.8, 4) is 0 Å². The van der Waals surface area contributed by atoms with E-state index >= 15 is 0 Å². The summed E-state index contributed by atoms with van der Waals surface area (Å²) >= 11 is 0. The Morgan fingerprint density at radius 3 is 2.35 bits per heavy atom. The Bertz CT molecular complexity index is 531. The van der Waals surface area contributed by atoms with Gasteiger partial charge in [-0.15, -0.1) is 17.0 Å². The minimum absolute atomic E-state index is 0. The fraction of sp³-hybridized carbons (Fsp3) is 0.214. The van der Waals surface area contributed by atoms with Crippen LogP contribution in [-0.4, -0.2) is 4.57 Å². The molecular formula is C14H17BrN2. The predicted octanol–water partition coefficient (Wildman–Crippen LogP) is 3.46. The summed E-state index contributed by atoms with van der Waals surface area (Å²) in [4.78, 5) is 0. The van der Waals surface area contributed by atoms with Gasteiger partial charge in [0.1, 0.15) is 0 Å². The van der Waals surface area contributed by atoms with Crippen LogP contribution < -0.4 is 5.36 Å². The summed E-state index contributed by atoms with van der Waals surface area (Å²) in [5.74, 6) is 0. The van der Waals surface area contributed by atoms with Crippen LogP contribution in [0.1, 0.15) is 24.2 Å². The second-order valence-corrected chi connectivity index (χ2v) is 4.05. The number of rotatable bonds is 2. The van der Waals surface area contributed by atoms with Crippen LogP contribution in [0.2, 0.25) is 0 Å². The largest absolute Gasteiger partial charge is 0.344 e.